The highest BCUT2D eigenvalue weighted by Crippen LogP contribution is 2.33. The number of hydrogen-bond donors (Lipinski definition) is 0. The first-order chi connectivity index (χ1) is 7.74. The smallest absolute Gasteiger partial charge is 0.211 e. The van der Waals surface area contributed by atoms with E-state index in [4.69, 9.17) is 0 Å². The number of hydrogen-bond acceptors (Lipinski definition) is 4. The van der Waals surface area contributed by atoms with Gasteiger partial charge in [-0.15, -0.1) is 0 Å². The molecule has 0 amide bonds. The third-order valence-electron chi connectivity index (χ3n) is 3.05. The number of carbonyl (C=O) groups excluding carboxylic acids is 2. The molecule has 0 aliphatic carbocycles. The summed E-state index contributed by atoms with van der Waals surface area (Å²) >= 11 is 0. The molecule has 0 aromatic carbocycles. The third-order valence-corrected chi connectivity index (χ3v) is 3.05. The fourth-order valence-corrected chi connectivity index (χ4v) is 2.06. The molecule has 16 heavy (non-hydrogen) atoms. The summed E-state index contributed by atoms with van der Waals surface area (Å²) in [5.41, 5.74) is 0.0740. The summed E-state index contributed by atoms with van der Waals surface area (Å²) in [6.07, 6.45) is 8.02. The molecule has 4 heteroatoms. The van der Waals surface area contributed by atoms with Crippen LogP contribution in [0.15, 0.2) is 9.98 Å². The minimum absolute atomic E-state index is 0.0740. The standard InChI is InChI=1S/C12H20N2O2/c1-3-6-12(4-2,9-14-11-16)7-5-8-13-10-15/h3-9H2,1-2H3. The molecule has 0 aliphatic heterocycles. The first-order valence-corrected chi connectivity index (χ1v) is 5.82. The number of aliphatic imine (C=N–C) groups is 2. The fourth-order valence-electron chi connectivity index (χ4n) is 2.06. The molecule has 0 fully saturated rings. The molecule has 0 N–H and O–H groups in total. The SMILES string of the molecule is CCCC(CC)(CCCN=C=O)CN=C=O. The second-order valence-electron chi connectivity index (χ2n) is 4.09. The summed E-state index contributed by atoms with van der Waals surface area (Å²) in [5, 5.41) is 0. The van der Waals surface area contributed by atoms with Gasteiger partial charge in [0.15, 0.2) is 0 Å². The van der Waals surface area contributed by atoms with Gasteiger partial charge in [-0.3, -0.25) is 0 Å². The van der Waals surface area contributed by atoms with Gasteiger partial charge in [0.2, 0.25) is 12.2 Å². The van der Waals surface area contributed by atoms with Gasteiger partial charge in [-0.05, 0) is 31.1 Å². The summed E-state index contributed by atoms with van der Waals surface area (Å²) < 4.78 is 0. The Morgan fingerprint density at radius 2 is 1.75 bits per heavy atom. The van der Waals surface area contributed by atoms with Crippen molar-refractivity contribution in [2.24, 2.45) is 15.4 Å². The van der Waals surface area contributed by atoms with E-state index in [9.17, 15) is 9.59 Å². The Balaban J connectivity index is 4.35. The lowest BCUT2D eigenvalue weighted by atomic mass is 9.77. The van der Waals surface area contributed by atoms with Gasteiger partial charge >= 0.3 is 0 Å². The van der Waals surface area contributed by atoms with Crippen LogP contribution < -0.4 is 0 Å². The van der Waals surface area contributed by atoms with E-state index < -0.39 is 0 Å². The molecule has 0 spiro atoms. The van der Waals surface area contributed by atoms with Crippen LogP contribution in [0.2, 0.25) is 0 Å². The van der Waals surface area contributed by atoms with E-state index in [0.29, 0.717) is 13.1 Å². The summed E-state index contributed by atoms with van der Waals surface area (Å²) in [6, 6.07) is 0. The van der Waals surface area contributed by atoms with Gasteiger partial charge in [0.05, 0.1) is 13.1 Å². The number of nitrogens with zero attached hydrogens (tertiary/aromatic N) is 2. The van der Waals surface area contributed by atoms with Crippen molar-refractivity contribution in [1.82, 2.24) is 0 Å². The zero-order chi connectivity index (χ0) is 12.3. The van der Waals surface area contributed by atoms with Crippen molar-refractivity contribution in [3.63, 3.8) is 0 Å². The molecule has 0 bridgehead atoms. The largest absolute Gasteiger partial charge is 0.234 e. The van der Waals surface area contributed by atoms with Crippen molar-refractivity contribution in [3.05, 3.63) is 0 Å². The summed E-state index contributed by atoms with van der Waals surface area (Å²) in [5.74, 6) is 0. The Labute approximate surface area is 96.9 Å². The lowest BCUT2D eigenvalue weighted by molar-refractivity contribution is 0.233. The molecule has 0 radical (unpaired) electrons. The fraction of sp³-hybridized carbons (Fsp3) is 0.833. The van der Waals surface area contributed by atoms with Gasteiger partial charge < -0.3 is 0 Å². The van der Waals surface area contributed by atoms with E-state index in [1.165, 1.54) is 6.08 Å². The maximum Gasteiger partial charge on any atom is 0.234 e. The molecule has 90 valence electrons. The van der Waals surface area contributed by atoms with Crippen LogP contribution in [0.5, 0.6) is 0 Å². The summed E-state index contributed by atoms with van der Waals surface area (Å²) in [6.45, 7) is 5.28. The highest BCUT2D eigenvalue weighted by molar-refractivity contribution is 5.33. The molecule has 0 saturated carbocycles. The van der Waals surface area contributed by atoms with Gasteiger partial charge in [-0.2, -0.15) is 0 Å². The Hall–Kier alpha value is -1.24. The van der Waals surface area contributed by atoms with Crippen LogP contribution in [0.4, 0.5) is 0 Å². The van der Waals surface area contributed by atoms with E-state index in [0.717, 1.165) is 32.1 Å². The molecule has 0 rings (SSSR count). The predicted molar refractivity (Wildman–Crippen MR) is 62.8 cm³/mol. The van der Waals surface area contributed by atoms with Crippen molar-refractivity contribution in [2.75, 3.05) is 13.1 Å². The predicted octanol–water partition coefficient (Wildman–Crippen LogP) is 2.63. The van der Waals surface area contributed by atoms with Crippen LogP contribution in [0.1, 0.15) is 46.0 Å². The van der Waals surface area contributed by atoms with Crippen LogP contribution >= 0.6 is 0 Å². The molecule has 0 aromatic heterocycles. The Morgan fingerprint density at radius 3 is 2.25 bits per heavy atom. The van der Waals surface area contributed by atoms with Crippen molar-refractivity contribution in [1.29, 1.82) is 0 Å². The van der Waals surface area contributed by atoms with Crippen molar-refractivity contribution < 1.29 is 9.59 Å². The molecule has 0 aromatic rings. The minimum atomic E-state index is 0.0740. The van der Waals surface area contributed by atoms with E-state index in [-0.39, 0.29) is 5.41 Å². The number of rotatable bonds is 9. The second kappa shape index (κ2) is 9.02. The van der Waals surface area contributed by atoms with Gasteiger partial charge in [0, 0.05) is 0 Å². The number of isocyanates is 2. The van der Waals surface area contributed by atoms with Crippen molar-refractivity contribution in [2.45, 2.75) is 46.0 Å². The molecule has 0 aliphatic rings. The Kier molecular flexibility index (Phi) is 8.32. The van der Waals surface area contributed by atoms with Gasteiger partial charge in [0.25, 0.3) is 0 Å². The minimum Gasteiger partial charge on any atom is -0.211 e. The molecule has 1 unspecified atom stereocenters. The Bertz CT molecular complexity index is 279. The molecular formula is C12H20N2O2. The van der Waals surface area contributed by atoms with E-state index in [2.05, 4.69) is 23.8 Å². The lowest BCUT2D eigenvalue weighted by Gasteiger charge is -2.30. The zero-order valence-corrected chi connectivity index (χ0v) is 10.2. The van der Waals surface area contributed by atoms with E-state index in [1.54, 1.807) is 6.08 Å². The van der Waals surface area contributed by atoms with Crippen molar-refractivity contribution >= 4 is 12.2 Å². The van der Waals surface area contributed by atoms with E-state index >= 15 is 0 Å². The Morgan fingerprint density at radius 1 is 1.06 bits per heavy atom. The van der Waals surface area contributed by atoms with Crippen LogP contribution in [0.3, 0.4) is 0 Å². The summed E-state index contributed by atoms with van der Waals surface area (Å²) in [7, 11) is 0. The molecule has 0 heterocycles. The van der Waals surface area contributed by atoms with E-state index in [1.807, 2.05) is 0 Å². The molecule has 4 nitrogen and oxygen atoms in total. The average molecular weight is 224 g/mol. The van der Waals surface area contributed by atoms with Crippen molar-refractivity contribution in [3.8, 4) is 0 Å². The first kappa shape index (κ1) is 14.8. The second-order valence-corrected chi connectivity index (χ2v) is 4.09. The molecule has 0 saturated heterocycles. The first-order valence-electron chi connectivity index (χ1n) is 5.82. The van der Waals surface area contributed by atoms with Crippen LogP contribution in [0.25, 0.3) is 0 Å². The highest BCUT2D eigenvalue weighted by Gasteiger charge is 2.26. The van der Waals surface area contributed by atoms with Gasteiger partial charge in [-0.25, -0.2) is 19.6 Å². The molecule has 1 atom stereocenters. The zero-order valence-electron chi connectivity index (χ0n) is 10.2. The van der Waals surface area contributed by atoms with Gasteiger partial charge in [0.1, 0.15) is 0 Å². The highest BCUT2D eigenvalue weighted by atomic mass is 16.1. The molecular weight excluding hydrogens is 204 g/mol. The topological polar surface area (TPSA) is 58.9 Å². The van der Waals surface area contributed by atoms with Crippen LogP contribution in [-0.4, -0.2) is 25.2 Å². The quantitative estimate of drug-likeness (QED) is 0.343. The monoisotopic (exact) mass is 224 g/mol. The normalized spacial score (nSPS) is 13.4. The van der Waals surface area contributed by atoms with Gasteiger partial charge in [-0.1, -0.05) is 20.3 Å². The maximum absolute atomic E-state index is 10.2. The maximum atomic E-state index is 10.2. The third kappa shape index (κ3) is 5.59. The lowest BCUT2D eigenvalue weighted by Crippen LogP contribution is -2.24. The average Bonchev–Trinajstić information content (AvgIpc) is 2.31. The van der Waals surface area contributed by atoms with Crippen LogP contribution in [0, 0.1) is 5.41 Å². The van der Waals surface area contributed by atoms with Crippen LogP contribution in [-0.2, 0) is 9.59 Å². The summed E-state index contributed by atoms with van der Waals surface area (Å²) in [4.78, 5) is 27.4.